The van der Waals surface area contributed by atoms with E-state index in [1.165, 1.54) is 18.3 Å². The number of benzene rings is 2. The Bertz CT molecular complexity index is 1290. The number of pyridine rings is 1. The molecule has 1 amide bonds. The molecule has 4 N–H and O–H groups in total. The first kappa shape index (κ1) is 28.9. The fraction of sp³-hybridized carbons (Fsp3) is 0.370. The van der Waals surface area contributed by atoms with Gasteiger partial charge in [-0.1, -0.05) is 11.6 Å². The zero-order chi connectivity index (χ0) is 27.9. The van der Waals surface area contributed by atoms with Gasteiger partial charge in [0.25, 0.3) is 12.4 Å². The lowest BCUT2D eigenvalue weighted by molar-refractivity contribution is -0.138. The maximum atomic E-state index is 13.6. The predicted octanol–water partition coefficient (Wildman–Crippen LogP) is 4.64. The van der Waals surface area contributed by atoms with Crippen LogP contribution >= 0.6 is 11.6 Å². The topological polar surface area (TPSA) is 119 Å². The van der Waals surface area contributed by atoms with E-state index >= 15 is 0 Å². The van der Waals surface area contributed by atoms with Gasteiger partial charge in [-0.05, 0) is 52.0 Å². The van der Waals surface area contributed by atoms with Crippen LogP contribution in [0.4, 0.5) is 21.5 Å². The van der Waals surface area contributed by atoms with Crippen LogP contribution in [0.25, 0.3) is 10.9 Å². The molecule has 1 aromatic heterocycles. The Morgan fingerprint density at radius 2 is 1.97 bits per heavy atom. The Balaban J connectivity index is 0.000000505. The lowest BCUT2D eigenvalue weighted by atomic mass is 10.1. The maximum absolute atomic E-state index is 13.6. The molecule has 0 atom stereocenters. The van der Waals surface area contributed by atoms with Crippen molar-refractivity contribution in [1.29, 1.82) is 0 Å². The van der Waals surface area contributed by atoms with Gasteiger partial charge >= 0.3 is 0 Å². The summed E-state index contributed by atoms with van der Waals surface area (Å²) >= 11 is 5.93. The Kier molecular flexibility index (Phi) is 9.71. The molecule has 38 heavy (non-hydrogen) atoms. The van der Waals surface area contributed by atoms with Crippen LogP contribution in [-0.2, 0) is 9.53 Å². The van der Waals surface area contributed by atoms with Crippen LogP contribution in [0.15, 0.2) is 36.5 Å². The third-order valence-corrected chi connectivity index (χ3v) is 5.85. The second kappa shape index (κ2) is 12.7. The Morgan fingerprint density at radius 3 is 2.53 bits per heavy atom. The lowest BCUT2D eigenvalue weighted by Crippen LogP contribution is -2.43. The van der Waals surface area contributed by atoms with Crippen molar-refractivity contribution >= 4 is 51.9 Å². The Hall–Kier alpha value is -3.63. The number of ether oxygens (including phenoxy) is 2. The molecule has 3 aromatic rings. The molecular weight excluding hydrogens is 513 g/mol. The molecule has 9 nitrogen and oxygen atoms in total. The van der Waals surface area contributed by atoms with E-state index in [-0.39, 0.29) is 16.2 Å². The van der Waals surface area contributed by atoms with Gasteiger partial charge in [0, 0.05) is 49.5 Å². The highest BCUT2D eigenvalue weighted by atomic mass is 35.5. The van der Waals surface area contributed by atoms with Crippen molar-refractivity contribution in [2.45, 2.75) is 33.3 Å². The number of carbonyl (C=O) groups is 2. The number of anilines is 3. The van der Waals surface area contributed by atoms with Gasteiger partial charge < -0.3 is 30.7 Å². The number of halogens is 2. The number of nitrogens with zero attached hydrogens (tertiary/aromatic N) is 2. The summed E-state index contributed by atoms with van der Waals surface area (Å²) in [5.74, 6) is -0.418. The van der Waals surface area contributed by atoms with Crippen molar-refractivity contribution < 1.29 is 23.5 Å². The summed E-state index contributed by atoms with van der Waals surface area (Å²) in [7, 11) is 0. The summed E-state index contributed by atoms with van der Waals surface area (Å²) in [5.41, 5.74) is 8.10. The summed E-state index contributed by atoms with van der Waals surface area (Å²) in [5, 5.41) is 7.20. The van der Waals surface area contributed by atoms with Crippen molar-refractivity contribution in [3.05, 3.63) is 52.9 Å². The van der Waals surface area contributed by atoms with Crippen molar-refractivity contribution in [2.24, 2.45) is 5.73 Å². The van der Waals surface area contributed by atoms with Crippen LogP contribution in [0.2, 0.25) is 5.02 Å². The lowest BCUT2D eigenvalue weighted by Gasteiger charge is -2.31. The van der Waals surface area contributed by atoms with Crippen LogP contribution in [0.1, 0.15) is 38.1 Å². The number of nitrogens with one attached hydrogen (secondary N) is 2. The molecule has 0 radical (unpaired) electrons. The van der Waals surface area contributed by atoms with E-state index in [1.54, 1.807) is 6.07 Å². The van der Waals surface area contributed by atoms with Gasteiger partial charge in [0.2, 0.25) is 0 Å². The van der Waals surface area contributed by atoms with Gasteiger partial charge in [0.1, 0.15) is 17.2 Å². The molecule has 1 saturated heterocycles. The summed E-state index contributed by atoms with van der Waals surface area (Å²) in [6.07, 6.45) is 1.43. The number of hydrogen-bond acceptors (Lipinski definition) is 8. The first-order valence-corrected chi connectivity index (χ1v) is 12.6. The van der Waals surface area contributed by atoms with Crippen LogP contribution in [0.5, 0.6) is 5.75 Å². The van der Waals surface area contributed by atoms with E-state index < -0.39 is 11.7 Å². The van der Waals surface area contributed by atoms with Gasteiger partial charge in [0.05, 0.1) is 34.1 Å². The van der Waals surface area contributed by atoms with Gasteiger partial charge in [0.15, 0.2) is 0 Å². The zero-order valence-corrected chi connectivity index (χ0v) is 22.7. The third kappa shape index (κ3) is 7.45. The van der Waals surface area contributed by atoms with E-state index in [9.17, 15) is 14.0 Å². The largest absolute Gasteiger partial charge is 0.492 e. The number of hydrogen-bond donors (Lipinski definition) is 3. The van der Waals surface area contributed by atoms with Crippen LogP contribution < -0.4 is 26.0 Å². The van der Waals surface area contributed by atoms with E-state index in [0.717, 1.165) is 37.6 Å². The van der Waals surface area contributed by atoms with Crippen molar-refractivity contribution in [1.82, 2.24) is 10.3 Å². The quantitative estimate of drug-likeness (QED) is 0.368. The molecule has 0 spiro atoms. The standard InChI is InChI=1S/C22H23ClFN5O2.C5H10O2/c1-2-31-20-11-18-14(10-19(20)29-7-5-26-6-8-29)21(15(12-27-18)22(25)30)28-13-3-4-17(24)16(23)9-13;1-5(2,3)7-4-6/h3-4,9-12,26H,2,5-8H2,1H3,(H2,25,30)(H,27,28);4H,1-3H3. The third-order valence-electron chi connectivity index (χ3n) is 5.56. The zero-order valence-electron chi connectivity index (χ0n) is 21.9. The number of piperazine rings is 1. The molecule has 0 unspecified atom stereocenters. The first-order chi connectivity index (χ1) is 18.0. The number of carbonyl (C=O) groups excluding carboxylic acids is 2. The minimum Gasteiger partial charge on any atom is -0.492 e. The average molecular weight is 546 g/mol. The number of amides is 1. The van der Waals surface area contributed by atoms with Gasteiger partial charge in [-0.15, -0.1) is 0 Å². The monoisotopic (exact) mass is 545 g/mol. The Labute approximate surface area is 226 Å². The van der Waals surface area contributed by atoms with E-state index in [4.69, 9.17) is 22.1 Å². The van der Waals surface area contributed by atoms with Gasteiger partial charge in [-0.2, -0.15) is 0 Å². The Morgan fingerprint density at radius 1 is 1.26 bits per heavy atom. The molecule has 204 valence electrons. The molecule has 0 saturated carbocycles. The molecule has 1 fully saturated rings. The molecule has 1 aliphatic rings. The van der Waals surface area contributed by atoms with E-state index in [0.29, 0.717) is 35.4 Å². The summed E-state index contributed by atoms with van der Waals surface area (Å²) in [4.78, 5) is 28.4. The van der Waals surface area contributed by atoms with E-state index in [2.05, 4.69) is 25.3 Å². The van der Waals surface area contributed by atoms with Gasteiger partial charge in [-0.3, -0.25) is 14.6 Å². The fourth-order valence-corrected chi connectivity index (χ4v) is 4.00. The number of rotatable bonds is 7. The van der Waals surface area contributed by atoms with Crippen LogP contribution in [0, 0.1) is 5.82 Å². The first-order valence-electron chi connectivity index (χ1n) is 12.2. The summed E-state index contributed by atoms with van der Waals surface area (Å²) in [6, 6.07) is 8.09. The number of fused-ring (bicyclic) bond motifs is 1. The molecule has 11 heteroatoms. The highest BCUT2D eigenvalue weighted by molar-refractivity contribution is 6.31. The number of aromatic nitrogens is 1. The van der Waals surface area contributed by atoms with Crippen LogP contribution in [-0.4, -0.2) is 55.8 Å². The molecule has 2 aromatic carbocycles. The van der Waals surface area contributed by atoms with Crippen molar-refractivity contribution in [3.8, 4) is 5.75 Å². The predicted molar refractivity (Wildman–Crippen MR) is 148 cm³/mol. The van der Waals surface area contributed by atoms with Crippen molar-refractivity contribution in [2.75, 3.05) is 43.0 Å². The molecular formula is C27H33ClFN5O4. The minimum atomic E-state index is -0.622. The smallest absolute Gasteiger partial charge is 0.293 e. The highest BCUT2D eigenvalue weighted by Gasteiger charge is 2.20. The molecule has 1 aliphatic heterocycles. The molecule has 2 heterocycles. The second-order valence-electron chi connectivity index (χ2n) is 9.50. The normalized spacial score (nSPS) is 13.4. The highest BCUT2D eigenvalue weighted by Crippen LogP contribution is 2.38. The number of primary amides is 1. The maximum Gasteiger partial charge on any atom is 0.293 e. The molecule has 0 bridgehead atoms. The average Bonchev–Trinajstić information content (AvgIpc) is 2.86. The summed E-state index contributed by atoms with van der Waals surface area (Å²) < 4.78 is 24.0. The van der Waals surface area contributed by atoms with E-state index in [1.807, 2.05) is 39.8 Å². The molecule has 4 rings (SSSR count). The number of nitrogens with two attached hydrogens (primary N) is 1. The van der Waals surface area contributed by atoms with Crippen LogP contribution in [0.3, 0.4) is 0 Å². The molecule has 0 aliphatic carbocycles. The summed E-state index contributed by atoms with van der Waals surface area (Å²) in [6.45, 7) is 11.7. The minimum absolute atomic E-state index is 0.0240. The second-order valence-corrected chi connectivity index (χ2v) is 9.91. The SMILES string of the molecule is CC(C)(C)OC=O.CCOc1cc2ncc(C(N)=O)c(Nc3ccc(F)c(Cl)c3)c2cc1N1CCNCC1. The van der Waals surface area contributed by atoms with Crippen molar-refractivity contribution in [3.63, 3.8) is 0 Å². The fourth-order valence-electron chi connectivity index (χ4n) is 3.82. The van der Waals surface area contributed by atoms with Gasteiger partial charge in [-0.25, -0.2) is 4.39 Å².